The van der Waals surface area contributed by atoms with Crippen LogP contribution in [0.4, 0.5) is 0 Å². The minimum Gasteiger partial charge on any atom is -0.487 e. The van der Waals surface area contributed by atoms with Gasteiger partial charge >= 0.3 is 0 Å². The van der Waals surface area contributed by atoms with Gasteiger partial charge in [-0.05, 0) is 19.1 Å². The zero-order valence-corrected chi connectivity index (χ0v) is 12.1. The van der Waals surface area contributed by atoms with Crippen molar-refractivity contribution < 1.29 is 9.47 Å². The molecule has 2 N–H and O–H groups in total. The second-order valence-electron chi connectivity index (χ2n) is 5.41. The molecule has 3 unspecified atom stereocenters. The highest BCUT2D eigenvalue weighted by molar-refractivity contribution is 9.10. The molecule has 1 fully saturated rings. The fraction of sp³-hybridized carbons (Fsp3) is 0.571. The molecule has 1 aromatic rings. The van der Waals surface area contributed by atoms with Gasteiger partial charge in [0, 0.05) is 35.3 Å². The average Bonchev–Trinajstić information content (AvgIpc) is 2.27. The second-order valence-corrected chi connectivity index (χ2v) is 6.33. The van der Waals surface area contributed by atoms with Gasteiger partial charge in [0.1, 0.15) is 11.4 Å². The number of nitrogens with two attached hydrogens (primary N) is 1. The Hall–Kier alpha value is -0.580. The molecule has 18 heavy (non-hydrogen) atoms. The third-order valence-electron chi connectivity index (χ3n) is 3.91. The van der Waals surface area contributed by atoms with Crippen LogP contribution in [0.15, 0.2) is 22.7 Å². The van der Waals surface area contributed by atoms with Gasteiger partial charge in [-0.2, -0.15) is 0 Å². The molecule has 0 amide bonds. The number of halogens is 1. The highest BCUT2D eigenvalue weighted by Gasteiger charge is 2.43. The van der Waals surface area contributed by atoms with E-state index in [1.165, 1.54) is 0 Å². The Morgan fingerprint density at radius 1 is 1.39 bits per heavy atom. The van der Waals surface area contributed by atoms with E-state index in [-0.39, 0.29) is 17.7 Å². The summed E-state index contributed by atoms with van der Waals surface area (Å²) in [5.74, 6) is 0.928. The van der Waals surface area contributed by atoms with E-state index in [0.717, 1.165) is 41.7 Å². The molecule has 0 aromatic heterocycles. The molecule has 0 saturated carbocycles. The molecule has 98 valence electrons. The maximum absolute atomic E-state index is 6.31. The molecule has 0 aliphatic carbocycles. The summed E-state index contributed by atoms with van der Waals surface area (Å²) in [4.78, 5) is 0. The Labute approximate surface area is 116 Å². The van der Waals surface area contributed by atoms with Gasteiger partial charge in [-0.15, -0.1) is 0 Å². The van der Waals surface area contributed by atoms with Crippen molar-refractivity contribution in [2.45, 2.75) is 43.9 Å². The Balaban J connectivity index is 1.94. The van der Waals surface area contributed by atoms with E-state index < -0.39 is 0 Å². The topological polar surface area (TPSA) is 44.5 Å². The highest BCUT2D eigenvalue weighted by Crippen LogP contribution is 2.44. The fourth-order valence-corrected chi connectivity index (χ4v) is 3.44. The van der Waals surface area contributed by atoms with Gasteiger partial charge < -0.3 is 15.2 Å². The number of fused-ring (bicyclic) bond motifs is 1. The van der Waals surface area contributed by atoms with Crippen molar-refractivity contribution in [3.63, 3.8) is 0 Å². The quantitative estimate of drug-likeness (QED) is 0.800. The van der Waals surface area contributed by atoms with Crippen LogP contribution in [0.5, 0.6) is 5.75 Å². The lowest BCUT2D eigenvalue weighted by molar-refractivity contribution is -0.0949. The second kappa shape index (κ2) is 4.51. The molecule has 1 spiro atoms. The third-order valence-corrected chi connectivity index (χ3v) is 4.41. The molecule has 2 heterocycles. The van der Waals surface area contributed by atoms with Crippen LogP contribution in [0.2, 0.25) is 0 Å². The SMILES string of the molecule is CC1CC2(CCO1)CC(N)c1ccc(Br)cc1O2. The Morgan fingerprint density at radius 2 is 2.22 bits per heavy atom. The first kappa shape index (κ1) is 12.5. The number of benzene rings is 1. The lowest BCUT2D eigenvalue weighted by Gasteiger charge is -2.45. The molecule has 2 aliphatic heterocycles. The van der Waals surface area contributed by atoms with E-state index >= 15 is 0 Å². The van der Waals surface area contributed by atoms with Crippen LogP contribution in [0.1, 0.15) is 37.8 Å². The van der Waals surface area contributed by atoms with Gasteiger partial charge in [-0.25, -0.2) is 0 Å². The van der Waals surface area contributed by atoms with Crippen LogP contribution in [0.25, 0.3) is 0 Å². The summed E-state index contributed by atoms with van der Waals surface area (Å²) < 4.78 is 12.9. The maximum atomic E-state index is 6.31. The molecular weight excluding hydrogens is 294 g/mol. The number of ether oxygens (including phenoxy) is 2. The Bertz CT molecular complexity index is 465. The van der Waals surface area contributed by atoms with Crippen molar-refractivity contribution in [1.82, 2.24) is 0 Å². The predicted molar refractivity (Wildman–Crippen MR) is 73.7 cm³/mol. The van der Waals surface area contributed by atoms with Crippen LogP contribution >= 0.6 is 15.9 Å². The normalized spacial score (nSPS) is 35.1. The van der Waals surface area contributed by atoms with Crippen molar-refractivity contribution >= 4 is 15.9 Å². The number of hydrogen-bond acceptors (Lipinski definition) is 3. The number of rotatable bonds is 0. The van der Waals surface area contributed by atoms with Crippen LogP contribution in [-0.4, -0.2) is 18.3 Å². The highest BCUT2D eigenvalue weighted by atomic mass is 79.9. The zero-order chi connectivity index (χ0) is 12.8. The standard InChI is InChI=1S/C14H18BrNO2/c1-9-7-14(4-5-17-9)8-12(16)11-3-2-10(15)6-13(11)18-14/h2-3,6,9,12H,4-5,7-8,16H2,1H3. The summed E-state index contributed by atoms with van der Waals surface area (Å²) in [6.07, 6.45) is 2.98. The summed E-state index contributed by atoms with van der Waals surface area (Å²) >= 11 is 3.49. The maximum Gasteiger partial charge on any atom is 0.126 e. The molecule has 1 saturated heterocycles. The van der Waals surface area contributed by atoms with Crippen molar-refractivity contribution in [3.8, 4) is 5.75 Å². The van der Waals surface area contributed by atoms with E-state index in [9.17, 15) is 0 Å². The molecule has 3 atom stereocenters. The van der Waals surface area contributed by atoms with Gasteiger partial charge in [-0.1, -0.05) is 22.0 Å². The van der Waals surface area contributed by atoms with Crippen molar-refractivity contribution in [2.24, 2.45) is 5.73 Å². The molecule has 3 rings (SSSR count). The van der Waals surface area contributed by atoms with Crippen LogP contribution in [0, 0.1) is 0 Å². The summed E-state index contributed by atoms with van der Waals surface area (Å²) in [5, 5.41) is 0. The van der Waals surface area contributed by atoms with Crippen LogP contribution < -0.4 is 10.5 Å². The van der Waals surface area contributed by atoms with Crippen LogP contribution in [-0.2, 0) is 4.74 Å². The van der Waals surface area contributed by atoms with Gasteiger partial charge in [0.15, 0.2) is 0 Å². The largest absolute Gasteiger partial charge is 0.487 e. The predicted octanol–water partition coefficient (Wildman–Crippen LogP) is 3.17. The average molecular weight is 312 g/mol. The van der Waals surface area contributed by atoms with Gasteiger partial charge in [-0.3, -0.25) is 0 Å². The van der Waals surface area contributed by atoms with E-state index in [1.807, 2.05) is 12.1 Å². The molecule has 2 aliphatic rings. The minimum atomic E-state index is -0.134. The zero-order valence-electron chi connectivity index (χ0n) is 10.5. The summed E-state index contributed by atoms with van der Waals surface area (Å²) in [6, 6.07) is 6.16. The van der Waals surface area contributed by atoms with E-state index in [0.29, 0.717) is 0 Å². The summed E-state index contributed by atoms with van der Waals surface area (Å²) in [7, 11) is 0. The van der Waals surface area contributed by atoms with E-state index in [2.05, 4.69) is 28.9 Å². The first-order valence-electron chi connectivity index (χ1n) is 6.44. The van der Waals surface area contributed by atoms with E-state index in [1.54, 1.807) is 0 Å². The smallest absolute Gasteiger partial charge is 0.126 e. The van der Waals surface area contributed by atoms with Gasteiger partial charge in [0.2, 0.25) is 0 Å². The molecular formula is C14H18BrNO2. The number of hydrogen-bond donors (Lipinski definition) is 1. The fourth-order valence-electron chi connectivity index (χ4n) is 3.10. The van der Waals surface area contributed by atoms with Crippen molar-refractivity contribution in [3.05, 3.63) is 28.2 Å². The van der Waals surface area contributed by atoms with Crippen LogP contribution in [0.3, 0.4) is 0 Å². The minimum absolute atomic E-state index is 0.0622. The lowest BCUT2D eigenvalue weighted by atomic mass is 9.80. The summed E-state index contributed by atoms with van der Waals surface area (Å²) in [6.45, 7) is 2.86. The molecule has 4 heteroatoms. The van der Waals surface area contributed by atoms with E-state index in [4.69, 9.17) is 15.2 Å². The summed E-state index contributed by atoms with van der Waals surface area (Å²) in [5.41, 5.74) is 7.29. The molecule has 3 nitrogen and oxygen atoms in total. The monoisotopic (exact) mass is 311 g/mol. The Morgan fingerprint density at radius 3 is 3.00 bits per heavy atom. The van der Waals surface area contributed by atoms with Crippen molar-refractivity contribution in [2.75, 3.05) is 6.61 Å². The lowest BCUT2D eigenvalue weighted by Crippen LogP contribution is -2.49. The third kappa shape index (κ3) is 2.17. The Kier molecular flexibility index (Phi) is 3.12. The molecule has 0 radical (unpaired) electrons. The first-order chi connectivity index (χ1) is 8.58. The van der Waals surface area contributed by atoms with Gasteiger partial charge in [0.25, 0.3) is 0 Å². The molecule has 0 bridgehead atoms. The molecule has 1 aromatic carbocycles. The first-order valence-corrected chi connectivity index (χ1v) is 7.23. The van der Waals surface area contributed by atoms with Crippen molar-refractivity contribution in [1.29, 1.82) is 0 Å². The van der Waals surface area contributed by atoms with Gasteiger partial charge in [0.05, 0.1) is 12.7 Å².